The van der Waals surface area contributed by atoms with Crippen LogP contribution in [-0.2, 0) is 6.54 Å². The van der Waals surface area contributed by atoms with Crippen molar-refractivity contribution < 1.29 is 0 Å². The summed E-state index contributed by atoms with van der Waals surface area (Å²) in [4.78, 5) is 11.8. The third-order valence-electron chi connectivity index (χ3n) is 3.09. The molecule has 0 aliphatic heterocycles. The molecule has 5 heteroatoms. The molecule has 1 aromatic heterocycles. The maximum Gasteiger partial charge on any atom is 0.283 e. The summed E-state index contributed by atoms with van der Waals surface area (Å²) in [5.41, 5.74) is 0.732. The molecule has 0 unspecified atom stereocenters. The molecule has 1 saturated carbocycles. The number of hydrogen-bond acceptors (Lipinski definition) is 3. The van der Waals surface area contributed by atoms with Crippen LogP contribution in [0.25, 0.3) is 0 Å². The SMILES string of the molecule is CCn1ncc(NCCCC2CC2)c(Br)c1=O. The number of nitrogens with zero attached hydrogens (tertiary/aromatic N) is 2. The van der Waals surface area contributed by atoms with E-state index in [-0.39, 0.29) is 5.56 Å². The molecule has 1 fully saturated rings. The monoisotopic (exact) mass is 299 g/mol. The lowest BCUT2D eigenvalue weighted by molar-refractivity contribution is 0.612. The Labute approximate surface area is 110 Å². The van der Waals surface area contributed by atoms with E-state index in [1.54, 1.807) is 6.20 Å². The first-order valence-electron chi connectivity index (χ1n) is 6.22. The van der Waals surface area contributed by atoms with Crippen LogP contribution in [0.1, 0.15) is 32.6 Å². The molecule has 1 aliphatic rings. The summed E-state index contributed by atoms with van der Waals surface area (Å²) < 4.78 is 2.03. The largest absolute Gasteiger partial charge is 0.383 e. The fourth-order valence-electron chi connectivity index (χ4n) is 1.83. The van der Waals surface area contributed by atoms with Crippen LogP contribution in [-0.4, -0.2) is 16.3 Å². The number of hydrogen-bond donors (Lipinski definition) is 1. The summed E-state index contributed by atoms with van der Waals surface area (Å²) in [5.74, 6) is 0.964. The molecular weight excluding hydrogens is 282 g/mol. The molecular formula is C12H18BrN3O. The summed E-state index contributed by atoms with van der Waals surface area (Å²) in [5, 5.41) is 7.36. The molecule has 0 saturated heterocycles. The second kappa shape index (κ2) is 5.67. The van der Waals surface area contributed by atoms with Crippen molar-refractivity contribution in [3.63, 3.8) is 0 Å². The molecule has 0 amide bonds. The van der Waals surface area contributed by atoms with Crippen LogP contribution in [0, 0.1) is 5.92 Å². The lowest BCUT2D eigenvalue weighted by Crippen LogP contribution is -2.23. The van der Waals surface area contributed by atoms with Gasteiger partial charge in [0, 0.05) is 13.1 Å². The van der Waals surface area contributed by atoms with Crippen molar-refractivity contribution in [2.75, 3.05) is 11.9 Å². The molecule has 1 heterocycles. The first-order chi connectivity index (χ1) is 8.22. The Bertz CT molecular complexity index is 440. The Morgan fingerprint density at radius 1 is 1.59 bits per heavy atom. The normalized spacial score (nSPS) is 14.9. The Balaban J connectivity index is 1.91. The average molecular weight is 300 g/mol. The van der Waals surface area contributed by atoms with E-state index in [0.717, 1.165) is 24.6 Å². The molecule has 0 radical (unpaired) electrons. The van der Waals surface area contributed by atoms with Crippen LogP contribution in [0.2, 0.25) is 0 Å². The van der Waals surface area contributed by atoms with Gasteiger partial charge in [-0.2, -0.15) is 5.10 Å². The van der Waals surface area contributed by atoms with Gasteiger partial charge in [-0.3, -0.25) is 4.79 Å². The van der Waals surface area contributed by atoms with E-state index in [1.807, 2.05) is 6.92 Å². The molecule has 0 bridgehead atoms. The Morgan fingerprint density at radius 2 is 2.35 bits per heavy atom. The van der Waals surface area contributed by atoms with Gasteiger partial charge in [-0.1, -0.05) is 12.8 Å². The van der Waals surface area contributed by atoms with Gasteiger partial charge in [0.2, 0.25) is 0 Å². The minimum atomic E-state index is -0.0697. The molecule has 0 aromatic carbocycles. The smallest absolute Gasteiger partial charge is 0.283 e. The van der Waals surface area contributed by atoms with Gasteiger partial charge in [0.15, 0.2) is 0 Å². The Morgan fingerprint density at radius 3 is 3.00 bits per heavy atom. The van der Waals surface area contributed by atoms with Crippen molar-refractivity contribution in [2.24, 2.45) is 5.92 Å². The predicted molar refractivity (Wildman–Crippen MR) is 72.3 cm³/mol. The molecule has 94 valence electrons. The fourth-order valence-corrected chi connectivity index (χ4v) is 2.28. The van der Waals surface area contributed by atoms with Gasteiger partial charge >= 0.3 is 0 Å². The van der Waals surface area contributed by atoms with Crippen molar-refractivity contribution in [1.29, 1.82) is 0 Å². The zero-order valence-electron chi connectivity index (χ0n) is 10.1. The van der Waals surface area contributed by atoms with E-state index in [9.17, 15) is 4.79 Å². The number of nitrogens with one attached hydrogen (secondary N) is 1. The lowest BCUT2D eigenvalue weighted by Gasteiger charge is -2.09. The minimum absolute atomic E-state index is 0.0697. The van der Waals surface area contributed by atoms with E-state index in [0.29, 0.717) is 11.0 Å². The first-order valence-corrected chi connectivity index (χ1v) is 7.01. The summed E-state index contributed by atoms with van der Waals surface area (Å²) in [6, 6.07) is 0. The van der Waals surface area contributed by atoms with Crippen molar-refractivity contribution in [3.05, 3.63) is 21.0 Å². The third-order valence-corrected chi connectivity index (χ3v) is 3.85. The van der Waals surface area contributed by atoms with E-state index >= 15 is 0 Å². The molecule has 0 atom stereocenters. The van der Waals surface area contributed by atoms with Crippen molar-refractivity contribution >= 4 is 21.6 Å². The highest BCUT2D eigenvalue weighted by Crippen LogP contribution is 2.33. The number of halogens is 1. The maximum absolute atomic E-state index is 11.8. The second-order valence-electron chi connectivity index (χ2n) is 4.51. The maximum atomic E-state index is 11.8. The van der Waals surface area contributed by atoms with E-state index in [4.69, 9.17) is 0 Å². The van der Waals surface area contributed by atoms with E-state index in [1.165, 1.54) is 23.9 Å². The quantitative estimate of drug-likeness (QED) is 0.822. The van der Waals surface area contributed by atoms with Gasteiger partial charge in [-0.25, -0.2) is 4.68 Å². The van der Waals surface area contributed by atoms with Crippen LogP contribution >= 0.6 is 15.9 Å². The molecule has 1 aromatic rings. The van der Waals surface area contributed by atoms with Crippen LogP contribution in [0.4, 0.5) is 5.69 Å². The zero-order valence-corrected chi connectivity index (χ0v) is 11.7. The van der Waals surface area contributed by atoms with Crippen LogP contribution in [0.15, 0.2) is 15.5 Å². The minimum Gasteiger partial charge on any atom is -0.383 e. The number of anilines is 1. The highest BCUT2D eigenvalue weighted by Gasteiger charge is 2.20. The standard InChI is InChI=1S/C12H18BrN3O/c1-2-16-12(17)11(13)10(8-15-16)14-7-3-4-9-5-6-9/h8-9,14H,2-7H2,1H3. The Kier molecular flexibility index (Phi) is 4.20. The van der Waals surface area contributed by atoms with Gasteiger partial charge in [0.05, 0.1) is 11.9 Å². The van der Waals surface area contributed by atoms with E-state index in [2.05, 4.69) is 26.3 Å². The molecule has 0 spiro atoms. The van der Waals surface area contributed by atoms with Gasteiger partial charge < -0.3 is 5.32 Å². The first kappa shape index (κ1) is 12.6. The summed E-state index contributed by atoms with van der Waals surface area (Å²) >= 11 is 3.33. The zero-order chi connectivity index (χ0) is 12.3. The molecule has 1 N–H and O–H groups in total. The molecule has 4 nitrogen and oxygen atoms in total. The van der Waals surface area contributed by atoms with Gasteiger partial charge in [-0.15, -0.1) is 0 Å². The average Bonchev–Trinajstić information content (AvgIpc) is 3.14. The fraction of sp³-hybridized carbons (Fsp3) is 0.667. The topological polar surface area (TPSA) is 46.9 Å². The number of aromatic nitrogens is 2. The van der Waals surface area contributed by atoms with Gasteiger partial charge in [0.1, 0.15) is 4.47 Å². The second-order valence-corrected chi connectivity index (χ2v) is 5.30. The summed E-state index contributed by atoms with van der Waals surface area (Å²) in [7, 11) is 0. The number of aryl methyl sites for hydroxylation is 1. The van der Waals surface area contributed by atoms with Crippen molar-refractivity contribution in [3.8, 4) is 0 Å². The van der Waals surface area contributed by atoms with Crippen molar-refractivity contribution in [1.82, 2.24) is 9.78 Å². The van der Waals surface area contributed by atoms with Crippen LogP contribution in [0.3, 0.4) is 0 Å². The lowest BCUT2D eigenvalue weighted by atomic mass is 10.2. The third kappa shape index (κ3) is 3.31. The summed E-state index contributed by atoms with van der Waals surface area (Å²) in [6.45, 7) is 3.41. The highest BCUT2D eigenvalue weighted by atomic mass is 79.9. The summed E-state index contributed by atoms with van der Waals surface area (Å²) in [6.07, 6.45) is 6.97. The van der Waals surface area contributed by atoms with Crippen LogP contribution < -0.4 is 10.9 Å². The molecule has 1 aliphatic carbocycles. The van der Waals surface area contributed by atoms with E-state index < -0.39 is 0 Å². The van der Waals surface area contributed by atoms with Crippen LogP contribution in [0.5, 0.6) is 0 Å². The van der Waals surface area contributed by atoms with Crippen molar-refractivity contribution in [2.45, 2.75) is 39.2 Å². The predicted octanol–water partition coefficient (Wildman–Crippen LogP) is 2.63. The Hall–Kier alpha value is -0.840. The van der Waals surface area contributed by atoms with Gasteiger partial charge in [-0.05, 0) is 41.6 Å². The van der Waals surface area contributed by atoms with Gasteiger partial charge in [0.25, 0.3) is 5.56 Å². The number of rotatable bonds is 6. The highest BCUT2D eigenvalue weighted by molar-refractivity contribution is 9.10. The molecule has 17 heavy (non-hydrogen) atoms. The molecule has 2 rings (SSSR count).